The van der Waals surface area contributed by atoms with Gasteiger partial charge in [-0.05, 0) is 42.8 Å². The van der Waals surface area contributed by atoms with Crippen molar-refractivity contribution in [2.45, 2.75) is 46.0 Å². The largest absolute Gasteiger partial charge is 0.497 e. The molecular weight excluding hydrogens is 442 g/mol. The summed E-state index contributed by atoms with van der Waals surface area (Å²) >= 11 is 0. The highest BCUT2D eigenvalue weighted by Gasteiger charge is 2.23. The van der Waals surface area contributed by atoms with Crippen molar-refractivity contribution in [1.29, 1.82) is 0 Å². The minimum absolute atomic E-state index is 0.0766. The molecule has 0 radical (unpaired) electrons. The second-order valence-electron chi connectivity index (χ2n) is 9.39. The second kappa shape index (κ2) is 11.6. The molecule has 0 atom stereocenters. The minimum atomic E-state index is -0.328. The van der Waals surface area contributed by atoms with Crippen molar-refractivity contribution in [2.75, 3.05) is 30.8 Å². The molecule has 0 aliphatic rings. The molecular formula is C27H35N5O3. The molecule has 0 unspecified atom stereocenters. The quantitative estimate of drug-likeness (QED) is 0.429. The van der Waals surface area contributed by atoms with Crippen LogP contribution in [0.1, 0.15) is 46.2 Å². The van der Waals surface area contributed by atoms with Gasteiger partial charge in [-0.3, -0.25) is 4.79 Å². The first kappa shape index (κ1) is 25.8. The summed E-state index contributed by atoms with van der Waals surface area (Å²) in [7, 11) is 1.59. The van der Waals surface area contributed by atoms with Crippen LogP contribution in [0.4, 0.5) is 16.3 Å². The van der Waals surface area contributed by atoms with Crippen LogP contribution in [0.5, 0.6) is 5.75 Å². The highest BCUT2D eigenvalue weighted by molar-refractivity contribution is 5.96. The van der Waals surface area contributed by atoms with Crippen molar-refractivity contribution in [3.05, 3.63) is 66.4 Å². The number of rotatable bonds is 9. The van der Waals surface area contributed by atoms with Gasteiger partial charge in [-0.15, -0.1) is 0 Å². The highest BCUT2D eigenvalue weighted by Crippen LogP contribution is 2.26. The standard InChI is InChI=1S/C27H35N5O3/c1-6-7-17-31(26(34)28-20-13-15-22(35-5)16-14-20)19-25(33)29-24-18-23(27(2,3)4)30-32(24)21-11-9-8-10-12-21/h8-16,18H,6-7,17,19H2,1-5H3,(H,28,34)(H,29,33). The van der Waals surface area contributed by atoms with Crippen LogP contribution in [-0.2, 0) is 10.2 Å². The molecule has 186 valence electrons. The van der Waals surface area contributed by atoms with E-state index in [-0.39, 0.29) is 23.9 Å². The topological polar surface area (TPSA) is 88.5 Å². The Morgan fingerprint density at radius 1 is 1.03 bits per heavy atom. The van der Waals surface area contributed by atoms with Gasteiger partial charge in [0.2, 0.25) is 5.91 Å². The number of unbranched alkanes of at least 4 members (excludes halogenated alkanes) is 1. The molecule has 0 fully saturated rings. The normalized spacial score (nSPS) is 11.1. The average molecular weight is 478 g/mol. The molecule has 0 saturated heterocycles. The Balaban J connectivity index is 1.76. The number of carbonyl (C=O) groups excluding carboxylic acids is 2. The van der Waals surface area contributed by atoms with Crippen LogP contribution in [0.3, 0.4) is 0 Å². The van der Waals surface area contributed by atoms with E-state index >= 15 is 0 Å². The third-order valence-electron chi connectivity index (χ3n) is 5.49. The van der Waals surface area contributed by atoms with Gasteiger partial charge < -0.3 is 20.3 Å². The maximum atomic E-state index is 13.1. The molecule has 2 N–H and O–H groups in total. The molecule has 0 bridgehead atoms. The van der Waals surface area contributed by atoms with Crippen molar-refractivity contribution in [2.24, 2.45) is 0 Å². The maximum absolute atomic E-state index is 13.1. The molecule has 3 aromatic rings. The third kappa shape index (κ3) is 7.09. The fourth-order valence-corrected chi connectivity index (χ4v) is 3.44. The number of aromatic nitrogens is 2. The maximum Gasteiger partial charge on any atom is 0.322 e. The van der Waals surface area contributed by atoms with Gasteiger partial charge >= 0.3 is 6.03 Å². The summed E-state index contributed by atoms with van der Waals surface area (Å²) in [5.41, 5.74) is 2.15. The number of benzene rings is 2. The molecule has 0 aliphatic heterocycles. The molecule has 3 rings (SSSR count). The summed E-state index contributed by atoms with van der Waals surface area (Å²) in [5, 5.41) is 10.6. The molecule has 0 spiro atoms. The molecule has 2 aromatic carbocycles. The first-order valence-corrected chi connectivity index (χ1v) is 11.9. The van der Waals surface area contributed by atoms with E-state index in [0.717, 1.165) is 24.2 Å². The third-order valence-corrected chi connectivity index (χ3v) is 5.49. The second-order valence-corrected chi connectivity index (χ2v) is 9.39. The lowest BCUT2D eigenvalue weighted by molar-refractivity contribution is -0.116. The number of nitrogens with one attached hydrogen (secondary N) is 2. The number of hydrogen-bond donors (Lipinski definition) is 2. The smallest absolute Gasteiger partial charge is 0.322 e. The van der Waals surface area contributed by atoms with Gasteiger partial charge in [-0.25, -0.2) is 9.48 Å². The van der Waals surface area contributed by atoms with E-state index in [1.165, 1.54) is 4.90 Å². The number of anilines is 2. The summed E-state index contributed by atoms with van der Waals surface area (Å²) < 4.78 is 6.89. The average Bonchev–Trinajstić information content (AvgIpc) is 3.27. The SMILES string of the molecule is CCCCN(CC(=O)Nc1cc(C(C)(C)C)nn1-c1ccccc1)C(=O)Nc1ccc(OC)cc1. The van der Waals surface area contributed by atoms with Crippen LogP contribution in [0.2, 0.25) is 0 Å². The molecule has 35 heavy (non-hydrogen) atoms. The van der Waals surface area contributed by atoms with E-state index in [1.807, 2.05) is 43.3 Å². The molecule has 8 nitrogen and oxygen atoms in total. The molecule has 8 heteroatoms. The van der Waals surface area contributed by atoms with Crippen LogP contribution in [0.25, 0.3) is 5.69 Å². The lowest BCUT2D eigenvalue weighted by Gasteiger charge is -2.22. The van der Waals surface area contributed by atoms with Gasteiger partial charge in [0.1, 0.15) is 18.1 Å². The number of methoxy groups -OCH3 is 1. The Bertz CT molecular complexity index is 1120. The zero-order valence-corrected chi connectivity index (χ0v) is 21.2. The molecule has 1 aromatic heterocycles. The number of nitrogens with zero attached hydrogens (tertiary/aromatic N) is 3. The van der Waals surface area contributed by atoms with Crippen LogP contribution < -0.4 is 15.4 Å². The molecule has 0 saturated carbocycles. The summed E-state index contributed by atoms with van der Waals surface area (Å²) in [5.74, 6) is 0.982. The fraction of sp³-hybridized carbons (Fsp3) is 0.370. The number of para-hydroxylation sites is 1. The summed E-state index contributed by atoms with van der Waals surface area (Å²) in [6, 6.07) is 18.3. The highest BCUT2D eigenvalue weighted by atomic mass is 16.5. The minimum Gasteiger partial charge on any atom is -0.497 e. The van der Waals surface area contributed by atoms with Gasteiger partial charge in [0.25, 0.3) is 0 Å². The summed E-state index contributed by atoms with van der Waals surface area (Å²) in [6.45, 7) is 8.67. The molecule has 0 aliphatic carbocycles. The van der Waals surface area contributed by atoms with Gasteiger partial charge in [0, 0.05) is 23.7 Å². The number of hydrogen-bond acceptors (Lipinski definition) is 4. The predicted molar refractivity (Wildman–Crippen MR) is 139 cm³/mol. The van der Waals surface area contributed by atoms with Crippen molar-refractivity contribution >= 4 is 23.4 Å². The predicted octanol–water partition coefficient (Wildman–Crippen LogP) is 5.45. The van der Waals surface area contributed by atoms with Crippen LogP contribution >= 0.6 is 0 Å². The van der Waals surface area contributed by atoms with E-state index in [9.17, 15) is 9.59 Å². The van der Waals surface area contributed by atoms with E-state index in [1.54, 1.807) is 36.1 Å². The van der Waals surface area contributed by atoms with Gasteiger partial charge in [-0.2, -0.15) is 5.10 Å². The molecule has 1 heterocycles. The number of ether oxygens (including phenoxy) is 1. The number of amides is 3. The van der Waals surface area contributed by atoms with Gasteiger partial charge in [0.05, 0.1) is 18.5 Å². The van der Waals surface area contributed by atoms with E-state index in [2.05, 4.69) is 31.4 Å². The van der Waals surface area contributed by atoms with E-state index in [0.29, 0.717) is 23.8 Å². The first-order valence-electron chi connectivity index (χ1n) is 11.9. The Morgan fingerprint density at radius 3 is 2.31 bits per heavy atom. The zero-order chi connectivity index (χ0) is 25.4. The Labute approximate surface area is 207 Å². The van der Waals surface area contributed by atoms with Crippen molar-refractivity contribution in [3.63, 3.8) is 0 Å². The van der Waals surface area contributed by atoms with Crippen LogP contribution in [0, 0.1) is 0 Å². The van der Waals surface area contributed by atoms with E-state index < -0.39 is 0 Å². The van der Waals surface area contributed by atoms with E-state index in [4.69, 9.17) is 9.84 Å². The zero-order valence-electron chi connectivity index (χ0n) is 21.2. The van der Waals surface area contributed by atoms with Gasteiger partial charge in [0.15, 0.2) is 0 Å². The Morgan fingerprint density at radius 2 is 1.71 bits per heavy atom. The summed E-state index contributed by atoms with van der Waals surface area (Å²) in [6.07, 6.45) is 1.70. The molecule has 3 amide bonds. The monoisotopic (exact) mass is 477 g/mol. The van der Waals surface area contributed by atoms with Gasteiger partial charge in [-0.1, -0.05) is 52.3 Å². The number of carbonyl (C=O) groups is 2. The van der Waals surface area contributed by atoms with Crippen molar-refractivity contribution in [1.82, 2.24) is 14.7 Å². The fourth-order valence-electron chi connectivity index (χ4n) is 3.44. The summed E-state index contributed by atoms with van der Waals surface area (Å²) in [4.78, 5) is 27.6. The van der Waals surface area contributed by atoms with Crippen LogP contribution in [0.15, 0.2) is 60.7 Å². The first-order chi connectivity index (χ1) is 16.7. The van der Waals surface area contributed by atoms with Crippen LogP contribution in [-0.4, -0.2) is 46.8 Å². The number of urea groups is 1. The van der Waals surface area contributed by atoms with Crippen molar-refractivity contribution in [3.8, 4) is 11.4 Å². The Kier molecular flexibility index (Phi) is 8.52. The van der Waals surface area contributed by atoms with Crippen molar-refractivity contribution < 1.29 is 14.3 Å². The lowest BCUT2D eigenvalue weighted by atomic mass is 9.92. The lowest BCUT2D eigenvalue weighted by Crippen LogP contribution is -2.41. The Hall–Kier alpha value is -3.81.